The molecule has 1 aliphatic carbocycles. The highest BCUT2D eigenvalue weighted by Crippen LogP contribution is 2.25. The summed E-state index contributed by atoms with van der Waals surface area (Å²) in [6.07, 6.45) is 5.38. The average Bonchev–Trinajstić information content (AvgIpc) is 3.01. The van der Waals surface area contributed by atoms with Crippen LogP contribution < -0.4 is 5.32 Å². The van der Waals surface area contributed by atoms with E-state index in [2.05, 4.69) is 15.5 Å². The Morgan fingerprint density at radius 2 is 2.15 bits per heavy atom. The van der Waals surface area contributed by atoms with Crippen molar-refractivity contribution in [1.29, 1.82) is 0 Å². The van der Waals surface area contributed by atoms with Gasteiger partial charge >= 0.3 is 0 Å². The molecular weight excluding hydrogens is 276 g/mol. The summed E-state index contributed by atoms with van der Waals surface area (Å²) in [5.41, 5.74) is 3.02. The van der Waals surface area contributed by atoms with Gasteiger partial charge in [-0.25, -0.2) is 0 Å². The molecule has 1 amide bonds. The van der Waals surface area contributed by atoms with Crippen LogP contribution in [0.2, 0.25) is 0 Å². The van der Waals surface area contributed by atoms with Crippen LogP contribution in [-0.2, 0) is 12.8 Å². The van der Waals surface area contributed by atoms with E-state index in [1.807, 2.05) is 11.9 Å². The molecule has 3 rings (SSSR count). The monoisotopic (exact) mass is 298 g/mol. The van der Waals surface area contributed by atoms with E-state index in [1.165, 1.54) is 11.3 Å². The lowest BCUT2D eigenvalue weighted by Crippen LogP contribution is -2.40. The highest BCUT2D eigenvalue weighted by molar-refractivity contribution is 5.94. The number of aromatic amines is 1. The van der Waals surface area contributed by atoms with Gasteiger partial charge in [0.05, 0.1) is 0 Å². The van der Waals surface area contributed by atoms with Crippen molar-refractivity contribution in [3.05, 3.63) is 17.0 Å². The van der Waals surface area contributed by atoms with Crippen molar-refractivity contribution in [1.82, 2.24) is 20.4 Å². The number of hydrogen-bond donors (Lipinski definition) is 2. The summed E-state index contributed by atoms with van der Waals surface area (Å²) < 4.78 is 0. The second-order valence-corrected chi connectivity index (χ2v) is 5.68. The molecule has 112 valence electrons. The third-order valence-electron chi connectivity index (χ3n) is 4.40. The SMILES string of the molecule is CNCC1CCN(C(=O)c2n[nH]c3c2CCC3)CC1.Cl. The number of aromatic nitrogens is 2. The molecule has 2 aliphatic rings. The van der Waals surface area contributed by atoms with E-state index in [4.69, 9.17) is 0 Å². The molecule has 2 N–H and O–H groups in total. The minimum absolute atomic E-state index is 0. The summed E-state index contributed by atoms with van der Waals surface area (Å²) in [6, 6.07) is 0. The largest absolute Gasteiger partial charge is 0.337 e. The Balaban J connectivity index is 0.00000147. The second kappa shape index (κ2) is 6.59. The average molecular weight is 299 g/mol. The fraction of sp³-hybridized carbons (Fsp3) is 0.714. The number of amides is 1. The Bertz CT molecular complexity index is 466. The molecule has 0 atom stereocenters. The number of likely N-dealkylation sites (tertiary alicyclic amines) is 1. The number of halogens is 1. The normalized spacial score (nSPS) is 18.8. The number of aryl methyl sites for hydroxylation is 1. The molecular formula is C14H23ClN4O. The zero-order chi connectivity index (χ0) is 13.2. The van der Waals surface area contributed by atoms with Gasteiger partial charge in [-0.2, -0.15) is 5.10 Å². The van der Waals surface area contributed by atoms with E-state index in [9.17, 15) is 4.79 Å². The molecule has 6 heteroatoms. The molecule has 0 unspecified atom stereocenters. The van der Waals surface area contributed by atoms with Gasteiger partial charge in [0, 0.05) is 24.3 Å². The van der Waals surface area contributed by atoms with Crippen LogP contribution in [0.1, 0.15) is 41.0 Å². The molecule has 0 radical (unpaired) electrons. The number of carbonyl (C=O) groups is 1. The molecule has 2 heterocycles. The van der Waals surface area contributed by atoms with Crippen LogP contribution in [0.4, 0.5) is 0 Å². The number of nitrogens with one attached hydrogen (secondary N) is 2. The number of H-pyrrole nitrogens is 1. The fourth-order valence-corrected chi connectivity index (χ4v) is 3.27. The first kappa shape index (κ1) is 15.3. The Morgan fingerprint density at radius 1 is 1.40 bits per heavy atom. The van der Waals surface area contributed by atoms with Crippen LogP contribution >= 0.6 is 12.4 Å². The first-order valence-electron chi connectivity index (χ1n) is 7.29. The van der Waals surface area contributed by atoms with Crippen LogP contribution in [0.15, 0.2) is 0 Å². The van der Waals surface area contributed by atoms with E-state index in [-0.39, 0.29) is 18.3 Å². The molecule has 1 saturated heterocycles. The first-order chi connectivity index (χ1) is 9.29. The molecule has 20 heavy (non-hydrogen) atoms. The minimum atomic E-state index is 0. The number of fused-ring (bicyclic) bond motifs is 1. The molecule has 5 nitrogen and oxygen atoms in total. The van der Waals surface area contributed by atoms with Crippen molar-refractivity contribution in [2.75, 3.05) is 26.7 Å². The van der Waals surface area contributed by atoms with E-state index >= 15 is 0 Å². The lowest BCUT2D eigenvalue weighted by Gasteiger charge is -2.31. The van der Waals surface area contributed by atoms with Crippen molar-refractivity contribution in [3.63, 3.8) is 0 Å². The standard InChI is InChI=1S/C14H22N4O.ClH/c1-15-9-10-5-7-18(8-6-10)14(19)13-11-3-2-4-12(11)16-17-13;/h10,15H,2-9H2,1H3,(H,16,17);1H. The van der Waals surface area contributed by atoms with Gasteiger partial charge in [0.25, 0.3) is 5.91 Å². The highest BCUT2D eigenvalue weighted by Gasteiger charge is 2.28. The number of nitrogens with zero attached hydrogens (tertiary/aromatic N) is 2. The van der Waals surface area contributed by atoms with Crippen LogP contribution in [0.25, 0.3) is 0 Å². The van der Waals surface area contributed by atoms with Gasteiger partial charge in [0.15, 0.2) is 5.69 Å². The molecule has 1 fully saturated rings. The zero-order valence-electron chi connectivity index (χ0n) is 11.9. The summed E-state index contributed by atoms with van der Waals surface area (Å²) in [7, 11) is 1.99. The smallest absolute Gasteiger partial charge is 0.274 e. The maximum absolute atomic E-state index is 12.5. The molecule has 0 aromatic carbocycles. The van der Waals surface area contributed by atoms with Gasteiger partial charge in [0.2, 0.25) is 0 Å². The molecule has 0 spiro atoms. The van der Waals surface area contributed by atoms with Gasteiger partial charge in [0.1, 0.15) is 0 Å². The molecule has 0 saturated carbocycles. The van der Waals surface area contributed by atoms with E-state index in [0.29, 0.717) is 11.6 Å². The summed E-state index contributed by atoms with van der Waals surface area (Å²) in [6.45, 7) is 2.79. The summed E-state index contributed by atoms with van der Waals surface area (Å²) >= 11 is 0. The molecule has 1 aromatic heterocycles. The Hall–Kier alpha value is -1.07. The third kappa shape index (κ3) is 2.83. The minimum Gasteiger partial charge on any atom is -0.337 e. The van der Waals surface area contributed by atoms with Crippen molar-refractivity contribution in [2.24, 2.45) is 5.92 Å². The second-order valence-electron chi connectivity index (χ2n) is 5.68. The van der Waals surface area contributed by atoms with E-state index < -0.39 is 0 Å². The van der Waals surface area contributed by atoms with Crippen LogP contribution in [0, 0.1) is 5.92 Å². The zero-order valence-corrected chi connectivity index (χ0v) is 12.8. The Morgan fingerprint density at radius 3 is 2.85 bits per heavy atom. The van der Waals surface area contributed by atoms with Crippen LogP contribution in [0.5, 0.6) is 0 Å². The van der Waals surface area contributed by atoms with Gasteiger partial charge in [-0.1, -0.05) is 0 Å². The van der Waals surface area contributed by atoms with Gasteiger partial charge in [-0.05, 0) is 51.6 Å². The Labute approximate surface area is 125 Å². The van der Waals surface area contributed by atoms with Crippen LogP contribution in [0.3, 0.4) is 0 Å². The molecule has 0 bridgehead atoms. The third-order valence-corrected chi connectivity index (χ3v) is 4.40. The van der Waals surface area contributed by atoms with Crippen LogP contribution in [-0.4, -0.2) is 47.7 Å². The van der Waals surface area contributed by atoms with Crippen molar-refractivity contribution < 1.29 is 4.79 Å². The lowest BCUT2D eigenvalue weighted by molar-refractivity contribution is 0.0684. The van der Waals surface area contributed by atoms with Crippen molar-refractivity contribution in [3.8, 4) is 0 Å². The first-order valence-corrected chi connectivity index (χ1v) is 7.29. The van der Waals surface area contributed by atoms with Gasteiger partial charge in [-0.15, -0.1) is 12.4 Å². The van der Waals surface area contributed by atoms with Gasteiger partial charge in [-0.3, -0.25) is 9.89 Å². The summed E-state index contributed by atoms with van der Waals surface area (Å²) in [5.74, 6) is 0.834. The Kier molecular flexibility index (Phi) is 5.05. The topological polar surface area (TPSA) is 61.0 Å². The molecule has 1 aromatic rings. The van der Waals surface area contributed by atoms with E-state index in [0.717, 1.165) is 51.7 Å². The highest BCUT2D eigenvalue weighted by atomic mass is 35.5. The predicted molar refractivity (Wildman–Crippen MR) is 80.4 cm³/mol. The quantitative estimate of drug-likeness (QED) is 0.886. The van der Waals surface area contributed by atoms with Gasteiger partial charge < -0.3 is 10.2 Å². The number of rotatable bonds is 3. The fourth-order valence-electron chi connectivity index (χ4n) is 3.27. The van der Waals surface area contributed by atoms with E-state index in [1.54, 1.807) is 0 Å². The molecule has 1 aliphatic heterocycles. The number of hydrogen-bond acceptors (Lipinski definition) is 3. The summed E-state index contributed by atoms with van der Waals surface area (Å²) in [4.78, 5) is 14.5. The predicted octanol–water partition coefficient (Wildman–Crippen LogP) is 1.39. The maximum Gasteiger partial charge on any atom is 0.274 e. The maximum atomic E-state index is 12.5. The number of carbonyl (C=O) groups excluding carboxylic acids is 1. The van der Waals surface area contributed by atoms with Crippen molar-refractivity contribution in [2.45, 2.75) is 32.1 Å². The summed E-state index contributed by atoms with van der Waals surface area (Å²) in [5, 5.41) is 10.5. The number of piperidine rings is 1. The lowest BCUT2D eigenvalue weighted by atomic mass is 9.96. The van der Waals surface area contributed by atoms with Crippen molar-refractivity contribution >= 4 is 18.3 Å².